The molecule has 5 rings (SSSR count). The number of benzene rings is 2. The predicted molar refractivity (Wildman–Crippen MR) is 145 cm³/mol. The van der Waals surface area contributed by atoms with Crippen LogP contribution in [0.2, 0.25) is 0 Å². The molecule has 2 aliphatic heterocycles. The first-order chi connectivity index (χ1) is 18.3. The zero-order valence-electron chi connectivity index (χ0n) is 21.6. The molecular weight excluding hydrogens is 502 g/mol. The van der Waals surface area contributed by atoms with E-state index >= 15 is 0 Å². The van der Waals surface area contributed by atoms with Gasteiger partial charge in [0.15, 0.2) is 9.84 Å². The zero-order valence-corrected chi connectivity index (χ0v) is 22.4. The molecule has 3 heterocycles. The highest BCUT2D eigenvalue weighted by molar-refractivity contribution is 7.90. The van der Waals surface area contributed by atoms with Gasteiger partial charge in [0.25, 0.3) is 5.91 Å². The van der Waals surface area contributed by atoms with Gasteiger partial charge in [0, 0.05) is 68.2 Å². The lowest BCUT2D eigenvalue weighted by atomic mass is 10.00. The average molecular weight is 536 g/mol. The Labute approximate surface area is 223 Å². The van der Waals surface area contributed by atoms with E-state index < -0.39 is 9.84 Å². The number of hydrogen-bond acceptors (Lipinski definition) is 7. The predicted octanol–water partition coefficient (Wildman–Crippen LogP) is 2.49. The highest BCUT2D eigenvalue weighted by atomic mass is 32.2. The second kappa shape index (κ2) is 11.3. The van der Waals surface area contributed by atoms with E-state index in [-0.39, 0.29) is 16.9 Å². The van der Waals surface area contributed by atoms with Crippen LogP contribution in [0.25, 0.3) is 10.9 Å². The normalized spacial score (nSPS) is 18.9. The molecule has 3 aromatic rings. The van der Waals surface area contributed by atoms with Crippen molar-refractivity contribution in [3.8, 4) is 6.07 Å². The standard InChI is InChI=1S/C28H33N5O4S/c1-38(35,36)22-5-6-23(27-19-30-8-14-37-27)25(16-22)28(34)33-12-10-32(11-13-33)9-2-3-21-18-31-26-7-4-20(17-29)15-24(21)26/h4-7,15-16,18,27,30-31H,2-3,8-14,19H2,1H3. The molecule has 2 aliphatic rings. The number of morpholine rings is 1. The maximum Gasteiger partial charge on any atom is 0.254 e. The summed E-state index contributed by atoms with van der Waals surface area (Å²) in [6, 6.07) is 12.7. The van der Waals surface area contributed by atoms with E-state index in [0.717, 1.165) is 61.7 Å². The zero-order chi connectivity index (χ0) is 26.7. The van der Waals surface area contributed by atoms with Gasteiger partial charge >= 0.3 is 0 Å². The fourth-order valence-electron chi connectivity index (χ4n) is 5.29. The number of fused-ring (bicyclic) bond motifs is 1. The van der Waals surface area contributed by atoms with Crippen molar-refractivity contribution in [1.82, 2.24) is 20.1 Å². The molecule has 1 aromatic heterocycles. The number of carbonyl (C=O) groups excluding carboxylic acids is 1. The first-order valence-corrected chi connectivity index (χ1v) is 14.9. The van der Waals surface area contributed by atoms with Gasteiger partial charge in [0.1, 0.15) is 0 Å². The van der Waals surface area contributed by atoms with Crippen LogP contribution in [-0.4, -0.2) is 87.8 Å². The number of aromatic nitrogens is 1. The van der Waals surface area contributed by atoms with Crippen LogP contribution in [0.3, 0.4) is 0 Å². The Bertz CT molecular complexity index is 1460. The van der Waals surface area contributed by atoms with E-state index in [1.165, 1.54) is 11.6 Å². The molecule has 1 atom stereocenters. The highest BCUT2D eigenvalue weighted by Crippen LogP contribution is 2.27. The molecule has 0 bridgehead atoms. The monoisotopic (exact) mass is 535 g/mol. The minimum absolute atomic E-state index is 0.145. The largest absolute Gasteiger partial charge is 0.371 e. The van der Waals surface area contributed by atoms with Crippen molar-refractivity contribution in [2.75, 3.05) is 58.7 Å². The summed E-state index contributed by atoms with van der Waals surface area (Å²) >= 11 is 0. The van der Waals surface area contributed by atoms with E-state index in [2.05, 4.69) is 21.3 Å². The second-order valence-corrected chi connectivity index (χ2v) is 12.0. The lowest BCUT2D eigenvalue weighted by Crippen LogP contribution is -2.49. The second-order valence-electron chi connectivity index (χ2n) is 10.0. The summed E-state index contributed by atoms with van der Waals surface area (Å²) in [5.41, 5.74) is 4.06. The van der Waals surface area contributed by atoms with E-state index in [0.29, 0.717) is 37.4 Å². The van der Waals surface area contributed by atoms with Crippen LogP contribution < -0.4 is 5.32 Å². The Balaban J connectivity index is 1.21. The van der Waals surface area contributed by atoms with Crippen LogP contribution in [0.5, 0.6) is 0 Å². The van der Waals surface area contributed by atoms with E-state index in [1.807, 2.05) is 29.3 Å². The van der Waals surface area contributed by atoms with Gasteiger partial charge in [-0.05, 0) is 60.8 Å². The maximum absolute atomic E-state index is 13.6. The smallest absolute Gasteiger partial charge is 0.254 e. The van der Waals surface area contributed by atoms with Crippen LogP contribution in [0.1, 0.15) is 39.6 Å². The van der Waals surface area contributed by atoms with Crippen molar-refractivity contribution in [3.05, 3.63) is 64.8 Å². The van der Waals surface area contributed by atoms with Crippen molar-refractivity contribution in [1.29, 1.82) is 5.26 Å². The number of piperazine rings is 1. The van der Waals surface area contributed by atoms with Crippen molar-refractivity contribution >= 4 is 26.6 Å². The number of ether oxygens (including phenoxy) is 1. The van der Waals surface area contributed by atoms with Crippen molar-refractivity contribution in [3.63, 3.8) is 0 Å². The van der Waals surface area contributed by atoms with E-state index in [4.69, 9.17) is 4.74 Å². The first kappa shape index (κ1) is 26.4. The summed E-state index contributed by atoms with van der Waals surface area (Å²) < 4.78 is 30.3. The summed E-state index contributed by atoms with van der Waals surface area (Å²) in [5, 5.41) is 13.6. The molecule has 10 heteroatoms. The average Bonchev–Trinajstić information content (AvgIpc) is 3.34. The molecule has 9 nitrogen and oxygen atoms in total. The lowest BCUT2D eigenvalue weighted by molar-refractivity contribution is 0.0262. The molecule has 2 N–H and O–H groups in total. The number of amides is 1. The van der Waals surface area contributed by atoms with Crippen LogP contribution in [0.15, 0.2) is 47.5 Å². The van der Waals surface area contributed by atoms with Gasteiger partial charge in [0.2, 0.25) is 0 Å². The van der Waals surface area contributed by atoms with Crippen molar-refractivity contribution in [2.45, 2.75) is 23.8 Å². The molecule has 0 spiro atoms. The fourth-order valence-corrected chi connectivity index (χ4v) is 5.94. The summed E-state index contributed by atoms with van der Waals surface area (Å²) in [4.78, 5) is 21.2. The number of nitrogens with zero attached hydrogens (tertiary/aromatic N) is 3. The molecule has 0 saturated carbocycles. The van der Waals surface area contributed by atoms with Gasteiger partial charge < -0.3 is 19.9 Å². The Morgan fingerprint density at radius 3 is 2.68 bits per heavy atom. The van der Waals surface area contributed by atoms with Crippen LogP contribution in [0, 0.1) is 11.3 Å². The van der Waals surface area contributed by atoms with Gasteiger partial charge in [-0.3, -0.25) is 9.69 Å². The van der Waals surface area contributed by atoms with Gasteiger partial charge in [-0.25, -0.2) is 8.42 Å². The van der Waals surface area contributed by atoms with Gasteiger partial charge in [-0.15, -0.1) is 0 Å². The number of sulfone groups is 1. The third-order valence-electron chi connectivity index (χ3n) is 7.43. The third kappa shape index (κ3) is 5.76. The molecule has 1 amide bonds. The van der Waals surface area contributed by atoms with E-state index in [1.54, 1.807) is 12.1 Å². The number of hydrogen-bond donors (Lipinski definition) is 2. The topological polar surface area (TPSA) is 119 Å². The van der Waals surface area contributed by atoms with Crippen molar-refractivity contribution < 1.29 is 17.9 Å². The van der Waals surface area contributed by atoms with Gasteiger partial charge in [0.05, 0.1) is 29.2 Å². The van der Waals surface area contributed by atoms with Gasteiger partial charge in [-0.1, -0.05) is 6.07 Å². The van der Waals surface area contributed by atoms with Crippen LogP contribution >= 0.6 is 0 Å². The quantitative estimate of drug-likeness (QED) is 0.477. The Kier molecular flexibility index (Phi) is 7.81. The van der Waals surface area contributed by atoms with Crippen LogP contribution in [0.4, 0.5) is 0 Å². The number of aromatic amines is 1. The summed E-state index contributed by atoms with van der Waals surface area (Å²) in [7, 11) is -3.45. The molecule has 2 saturated heterocycles. The van der Waals surface area contributed by atoms with Crippen LogP contribution in [-0.2, 0) is 21.0 Å². The Hall–Kier alpha value is -3.23. The molecule has 1 unspecified atom stereocenters. The highest BCUT2D eigenvalue weighted by Gasteiger charge is 2.28. The number of H-pyrrole nitrogens is 1. The molecular formula is C28H33N5O4S. The molecule has 38 heavy (non-hydrogen) atoms. The first-order valence-electron chi connectivity index (χ1n) is 13.0. The molecule has 0 radical (unpaired) electrons. The minimum atomic E-state index is -3.45. The molecule has 2 fully saturated rings. The third-order valence-corrected chi connectivity index (χ3v) is 8.54. The summed E-state index contributed by atoms with van der Waals surface area (Å²) in [6.45, 7) is 5.51. The number of nitriles is 1. The molecule has 0 aliphatic carbocycles. The number of carbonyl (C=O) groups is 1. The maximum atomic E-state index is 13.6. The molecule has 2 aromatic carbocycles. The number of nitrogens with one attached hydrogen (secondary N) is 2. The Morgan fingerprint density at radius 1 is 1.16 bits per heavy atom. The number of aryl methyl sites for hydroxylation is 1. The lowest BCUT2D eigenvalue weighted by Gasteiger charge is -2.35. The Morgan fingerprint density at radius 2 is 1.97 bits per heavy atom. The number of rotatable bonds is 7. The van der Waals surface area contributed by atoms with E-state index in [9.17, 15) is 18.5 Å². The summed E-state index contributed by atoms with van der Waals surface area (Å²) in [5.74, 6) is -0.147. The van der Waals surface area contributed by atoms with Crippen molar-refractivity contribution in [2.24, 2.45) is 0 Å². The SMILES string of the molecule is CS(=O)(=O)c1ccc(C2CNCCO2)c(C(=O)N2CCN(CCCc3c[nH]c4ccc(C#N)cc34)CC2)c1. The fraction of sp³-hybridized carbons (Fsp3) is 0.429. The van der Waals surface area contributed by atoms with Gasteiger partial charge in [-0.2, -0.15) is 5.26 Å². The molecule has 200 valence electrons. The summed E-state index contributed by atoms with van der Waals surface area (Å²) in [6.07, 6.45) is 4.78. The minimum Gasteiger partial charge on any atom is -0.371 e.